The van der Waals surface area contributed by atoms with Crippen molar-refractivity contribution in [2.45, 2.75) is 0 Å². The molecule has 0 radical (unpaired) electrons. The molecule has 0 unspecified atom stereocenters. The monoisotopic (exact) mass is 256 g/mol. The molecule has 1 N–H and O–H groups in total. The lowest BCUT2D eigenvalue weighted by Gasteiger charge is -2.04. The highest BCUT2D eigenvalue weighted by molar-refractivity contribution is 7.13. The van der Waals surface area contributed by atoms with Gasteiger partial charge in [-0.3, -0.25) is 15.1 Å². The third-order valence-corrected chi connectivity index (χ3v) is 3.08. The first-order chi connectivity index (χ1) is 8.84. The van der Waals surface area contributed by atoms with Crippen LogP contribution in [0, 0.1) is 0 Å². The van der Waals surface area contributed by atoms with Crippen LogP contribution in [0.25, 0.3) is 10.9 Å². The zero-order chi connectivity index (χ0) is 12.4. The molecule has 1 aromatic carbocycles. The number of benzene rings is 1. The number of aromatic nitrogens is 3. The van der Waals surface area contributed by atoms with Crippen molar-refractivity contribution in [2.75, 3.05) is 5.32 Å². The van der Waals surface area contributed by atoms with E-state index in [1.54, 1.807) is 17.8 Å². The van der Waals surface area contributed by atoms with E-state index in [0.29, 0.717) is 10.7 Å². The molecular formula is C12H8N4OS. The second-order valence-corrected chi connectivity index (χ2v) is 4.41. The quantitative estimate of drug-likeness (QED) is 0.764. The Morgan fingerprint density at radius 2 is 2.11 bits per heavy atom. The van der Waals surface area contributed by atoms with E-state index in [2.05, 4.69) is 20.5 Å². The van der Waals surface area contributed by atoms with Gasteiger partial charge in [-0.25, -0.2) is 0 Å². The normalized spacial score (nSPS) is 10.4. The van der Waals surface area contributed by atoms with Gasteiger partial charge in [0.2, 0.25) is 5.13 Å². The average Bonchev–Trinajstić information content (AvgIpc) is 2.91. The lowest BCUT2D eigenvalue weighted by molar-refractivity contribution is 0.102. The first-order valence-corrected chi connectivity index (χ1v) is 6.14. The minimum Gasteiger partial charge on any atom is -0.296 e. The fourth-order valence-corrected chi connectivity index (χ4v) is 2.13. The Bertz CT molecular complexity index is 691. The zero-order valence-corrected chi connectivity index (χ0v) is 10.0. The molecule has 88 valence electrons. The first-order valence-electron chi connectivity index (χ1n) is 5.26. The Hall–Kier alpha value is -2.34. The summed E-state index contributed by atoms with van der Waals surface area (Å²) in [5, 5.41) is 11.5. The van der Waals surface area contributed by atoms with Crippen molar-refractivity contribution in [1.29, 1.82) is 0 Å². The van der Waals surface area contributed by atoms with Crippen LogP contribution < -0.4 is 5.32 Å². The minimum absolute atomic E-state index is 0.203. The summed E-state index contributed by atoms with van der Waals surface area (Å²) < 4.78 is 0. The topological polar surface area (TPSA) is 67.8 Å². The fourth-order valence-electron chi connectivity index (χ4n) is 1.69. The van der Waals surface area contributed by atoms with E-state index in [9.17, 15) is 4.79 Å². The van der Waals surface area contributed by atoms with Crippen LogP contribution in [0.15, 0.2) is 42.0 Å². The number of para-hydroxylation sites is 1. The van der Waals surface area contributed by atoms with E-state index in [1.165, 1.54) is 11.3 Å². The summed E-state index contributed by atoms with van der Waals surface area (Å²) in [5.41, 5.74) is 2.94. The highest BCUT2D eigenvalue weighted by atomic mass is 32.1. The number of nitrogens with zero attached hydrogens (tertiary/aromatic N) is 3. The third kappa shape index (κ3) is 1.93. The molecule has 3 aromatic rings. The maximum atomic E-state index is 12.1. The number of pyridine rings is 1. The van der Waals surface area contributed by atoms with Crippen molar-refractivity contribution in [3.63, 3.8) is 0 Å². The Kier molecular flexibility index (Phi) is 2.70. The number of hydrogen-bond acceptors (Lipinski definition) is 5. The molecule has 0 saturated heterocycles. The number of amides is 1. The molecule has 1 amide bonds. The van der Waals surface area contributed by atoms with Crippen LogP contribution >= 0.6 is 11.3 Å². The van der Waals surface area contributed by atoms with Gasteiger partial charge in [-0.1, -0.05) is 29.5 Å². The molecule has 3 rings (SSSR count). The number of fused-ring (bicyclic) bond motifs is 1. The Morgan fingerprint density at radius 1 is 1.22 bits per heavy atom. The van der Waals surface area contributed by atoms with E-state index in [-0.39, 0.29) is 5.91 Å². The molecule has 6 heteroatoms. The summed E-state index contributed by atoms with van der Waals surface area (Å²) in [6.07, 6.45) is 1.62. The number of rotatable bonds is 2. The third-order valence-electron chi connectivity index (χ3n) is 2.47. The number of carbonyl (C=O) groups is 1. The predicted octanol–water partition coefficient (Wildman–Crippen LogP) is 2.34. The summed E-state index contributed by atoms with van der Waals surface area (Å²) in [6.45, 7) is 0. The molecule has 0 aliphatic heterocycles. The highest BCUT2D eigenvalue weighted by Gasteiger charge is 2.11. The number of carbonyl (C=O) groups excluding carboxylic acids is 1. The molecule has 0 aliphatic rings. The maximum Gasteiger partial charge on any atom is 0.258 e. The molecule has 0 saturated carbocycles. The Labute approximate surface area is 107 Å². The number of nitrogens with one attached hydrogen (secondary N) is 1. The molecule has 0 fully saturated rings. The van der Waals surface area contributed by atoms with Gasteiger partial charge >= 0.3 is 0 Å². The molecule has 5 nitrogen and oxygen atoms in total. The maximum absolute atomic E-state index is 12.1. The van der Waals surface area contributed by atoms with Crippen molar-refractivity contribution in [3.05, 3.63) is 47.6 Å². The van der Waals surface area contributed by atoms with Crippen LogP contribution in [-0.4, -0.2) is 21.1 Å². The summed E-state index contributed by atoms with van der Waals surface area (Å²) >= 11 is 1.28. The van der Waals surface area contributed by atoms with Gasteiger partial charge in [0.15, 0.2) is 0 Å². The number of hydrogen-bond donors (Lipinski definition) is 1. The Morgan fingerprint density at radius 3 is 2.94 bits per heavy atom. The van der Waals surface area contributed by atoms with Crippen LogP contribution in [0.4, 0.5) is 5.13 Å². The van der Waals surface area contributed by atoms with E-state index in [1.807, 2.05) is 24.3 Å². The van der Waals surface area contributed by atoms with E-state index >= 15 is 0 Å². The van der Waals surface area contributed by atoms with Gasteiger partial charge in [0.1, 0.15) is 5.51 Å². The van der Waals surface area contributed by atoms with Gasteiger partial charge in [0, 0.05) is 11.6 Å². The van der Waals surface area contributed by atoms with Gasteiger partial charge in [0.25, 0.3) is 5.91 Å². The predicted molar refractivity (Wildman–Crippen MR) is 69.6 cm³/mol. The summed E-state index contributed by atoms with van der Waals surface area (Å²) in [7, 11) is 0. The van der Waals surface area contributed by atoms with Crippen molar-refractivity contribution in [3.8, 4) is 0 Å². The van der Waals surface area contributed by atoms with Gasteiger partial charge in [-0.05, 0) is 12.1 Å². The summed E-state index contributed by atoms with van der Waals surface area (Å²) in [5.74, 6) is -0.203. The molecule has 0 aliphatic carbocycles. The zero-order valence-electron chi connectivity index (χ0n) is 9.20. The van der Waals surface area contributed by atoms with E-state index < -0.39 is 0 Å². The lowest BCUT2D eigenvalue weighted by Crippen LogP contribution is -2.12. The van der Waals surface area contributed by atoms with Crippen LogP contribution in [0.2, 0.25) is 0 Å². The largest absolute Gasteiger partial charge is 0.296 e. The molecule has 2 aromatic heterocycles. The van der Waals surface area contributed by atoms with Gasteiger partial charge in [0.05, 0.1) is 11.1 Å². The first kappa shape index (κ1) is 10.8. The van der Waals surface area contributed by atoms with Crippen molar-refractivity contribution in [1.82, 2.24) is 15.2 Å². The van der Waals surface area contributed by atoms with Crippen LogP contribution in [0.1, 0.15) is 10.4 Å². The molecule has 18 heavy (non-hydrogen) atoms. The van der Waals surface area contributed by atoms with Crippen molar-refractivity contribution in [2.24, 2.45) is 0 Å². The number of anilines is 1. The van der Waals surface area contributed by atoms with Crippen LogP contribution in [0.3, 0.4) is 0 Å². The standard InChI is InChI=1S/C12H8N4OS/c17-11(15-12-16-14-7-18-12)9-5-6-13-10-4-2-1-3-8(9)10/h1-7H,(H,15,16,17). The van der Waals surface area contributed by atoms with Crippen molar-refractivity contribution >= 4 is 33.3 Å². The van der Waals surface area contributed by atoms with Gasteiger partial charge in [-0.2, -0.15) is 0 Å². The molecule has 0 spiro atoms. The van der Waals surface area contributed by atoms with Gasteiger partial charge < -0.3 is 0 Å². The average molecular weight is 256 g/mol. The van der Waals surface area contributed by atoms with E-state index in [4.69, 9.17) is 0 Å². The van der Waals surface area contributed by atoms with Gasteiger partial charge in [-0.15, -0.1) is 10.2 Å². The molecular weight excluding hydrogens is 248 g/mol. The lowest BCUT2D eigenvalue weighted by atomic mass is 10.1. The summed E-state index contributed by atoms with van der Waals surface area (Å²) in [6, 6.07) is 9.21. The Balaban J connectivity index is 2.01. The fraction of sp³-hybridized carbons (Fsp3) is 0. The molecule has 0 atom stereocenters. The second-order valence-electron chi connectivity index (χ2n) is 3.57. The smallest absolute Gasteiger partial charge is 0.258 e. The summed E-state index contributed by atoms with van der Waals surface area (Å²) in [4.78, 5) is 16.3. The van der Waals surface area contributed by atoms with Crippen LogP contribution in [0.5, 0.6) is 0 Å². The minimum atomic E-state index is -0.203. The van der Waals surface area contributed by atoms with Crippen LogP contribution in [-0.2, 0) is 0 Å². The molecule has 0 bridgehead atoms. The SMILES string of the molecule is O=C(Nc1nncs1)c1ccnc2ccccc12. The second kappa shape index (κ2) is 4.50. The van der Waals surface area contributed by atoms with Crippen molar-refractivity contribution < 1.29 is 4.79 Å². The molecule has 2 heterocycles. The highest BCUT2D eigenvalue weighted by Crippen LogP contribution is 2.18. The van der Waals surface area contributed by atoms with E-state index in [0.717, 1.165) is 10.9 Å².